The van der Waals surface area contributed by atoms with E-state index in [9.17, 15) is 17.6 Å². The Morgan fingerprint density at radius 3 is 2.26 bits per heavy atom. The van der Waals surface area contributed by atoms with Crippen molar-refractivity contribution in [2.24, 2.45) is 5.73 Å². The van der Waals surface area contributed by atoms with Crippen LogP contribution in [0.3, 0.4) is 0 Å². The van der Waals surface area contributed by atoms with E-state index >= 15 is 0 Å². The van der Waals surface area contributed by atoms with E-state index in [-0.39, 0.29) is 6.54 Å². The molecule has 0 aromatic heterocycles. The number of halogens is 4. The van der Waals surface area contributed by atoms with Crippen LogP contribution in [0, 0.1) is 5.82 Å². The summed E-state index contributed by atoms with van der Waals surface area (Å²) in [5.41, 5.74) is 6.06. The second-order valence-electron chi connectivity index (χ2n) is 4.05. The molecule has 2 aromatic carbocycles. The van der Waals surface area contributed by atoms with E-state index in [0.29, 0.717) is 11.1 Å². The van der Waals surface area contributed by atoms with Crippen LogP contribution in [0.25, 0.3) is 11.1 Å². The number of nitrogens with two attached hydrogens (primary N) is 1. The van der Waals surface area contributed by atoms with Crippen molar-refractivity contribution in [1.29, 1.82) is 0 Å². The monoisotopic (exact) mass is 269 g/mol. The lowest BCUT2D eigenvalue weighted by Crippen LogP contribution is -2.08. The van der Waals surface area contributed by atoms with Gasteiger partial charge in [0.2, 0.25) is 0 Å². The first-order chi connectivity index (χ1) is 8.93. The zero-order chi connectivity index (χ0) is 14.0. The third kappa shape index (κ3) is 2.76. The minimum absolute atomic E-state index is 0.235. The number of hydrogen-bond donors (Lipinski definition) is 1. The molecule has 19 heavy (non-hydrogen) atoms. The van der Waals surface area contributed by atoms with Gasteiger partial charge in [-0.2, -0.15) is 13.2 Å². The highest BCUT2D eigenvalue weighted by Gasteiger charge is 2.33. The Bertz CT molecular complexity index is 590. The summed E-state index contributed by atoms with van der Waals surface area (Å²) in [6.07, 6.45) is -4.68. The summed E-state index contributed by atoms with van der Waals surface area (Å²) in [7, 11) is 0. The fraction of sp³-hybridized carbons (Fsp3) is 0.143. The summed E-state index contributed by atoms with van der Waals surface area (Å²) < 4.78 is 50.9. The zero-order valence-electron chi connectivity index (χ0n) is 9.84. The van der Waals surface area contributed by atoms with Crippen molar-refractivity contribution in [2.45, 2.75) is 12.7 Å². The molecule has 0 unspecified atom stereocenters. The van der Waals surface area contributed by atoms with Crippen molar-refractivity contribution in [3.63, 3.8) is 0 Å². The van der Waals surface area contributed by atoms with E-state index < -0.39 is 17.6 Å². The molecule has 2 rings (SSSR count). The van der Waals surface area contributed by atoms with E-state index in [1.165, 1.54) is 6.07 Å². The molecule has 2 N–H and O–H groups in total. The average Bonchev–Trinajstić information content (AvgIpc) is 2.37. The largest absolute Gasteiger partial charge is 0.419 e. The van der Waals surface area contributed by atoms with Crippen LogP contribution in [-0.4, -0.2) is 0 Å². The van der Waals surface area contributed by atoms with Crippen molar-refractivity contribution in [2.75, 3.05) is 0 Å². The number of benzene rings is 2. The van der Waals surface area contributed by atoms with Crippen molar-refractivity contribution in [3.05, 3.63) is 59.4 Å². The summed E-state index contributed by atoms with van der Waals surface area (Å²) in [6, 6.07) is 9.83. The van der Waals surface area contributed by atoms with E-state index in [1.54, 1.807) is 24.3 Å². The highest BCUT2D eigenvalue weighted by molar-refractivity contribution is 5.67. The lowest BCUT2D eigenvalue weighted by atomic mass is 9.98. The Balaban J connectivity index is 2.51. The number of alkyl halides is 3. The molecule has 0 aliphatic heterocycles. The topological polar surface area (TPSA) is 26.0 Å². The Morgan fingerprint density at radius 1 is 1.00 bits per heavy atom. The maximum Gasteiger partial charge on any atom is 0.419 e. The van der Waals surface area contributed by atoms with E-state index in [2.05, 4.69) is 0 Å². The smallest absolute Gasteiger partial charge is 0.326 e. The Kier molecular flexibility index (Phi) is 3.57. The molecule has 0 heterocycles. The first kappa shape index (κ1) is 13.5. The van der Waals surface area contributed by atoms with Gasteiger partial charge >= 0.3 is 6.18 Å². The quantitative estimate of drug-likeness (QED) is 0.820. The molecule has 0 bridgehead atoms. The normalized spacial score (nSPS) is 11.6. The van der Waals surface area contributed by atoms with Gasteiger partial charge in [-0.15, -0.1) is 0 Å². The molecule has 0 aliphatic carbocycles. The summed E-state index contributed by atoms with van der Waals surface area (Å²) in [4.78, 5) is 0. The standard InChI is InChI=1S/C14H11F4N/c15-13-7-9(5-6-12(13)14(16,17)18)11-4-2-1-3-10(11)8-19/h1-7H,8,19H2. The Labute approximate surface area is 107 Å². The first-order valence-electron chi connectivity index (χ1n) is 5.58. The van der Waals surface area contributed by atoms with Gasteiger partial charge in [0, 0.05) is 6.54 Å². The third-order valence-electron chi connectivity index (χ3n) is 2.82. The molecule has 0 atom stereocenters. The molecule has 5 heteroatoms. The van der Waals surface area contributed by atoms with Crippen LogP contribution >= 0.6 is 0 Å². The second kappa shape index (κ2) is 5.01. The molecule has 0 fully saturated rings. The highest BCUT2D eigenvalue weighted by atomic mass is 19.4. The summed E-state index contributed by atoms with van der Waals surface area (Å²) in [6.45, 7) is 0.235. The van der Waals surface area contributed by atoms with E-state index in [4.69, 9.17) is 5.73 Å². The fourth-order valence-corrected chi connectivity index (χ4v) is 1.89. The van der Waals surface area contributed by atoms with Gasteiger partial charge in [-0.3, -0.25) is 0 Å². The van der Waals surface area contributed by atoms with Gasteiger partial charge in [-0.05, 0) is 28.8 Å². The van der Waals surface area contributed by atoms with Crippen LogP contribution < -0.4 is 5.73 Å². The van der Waals surface area contributed by atoms with Crippen molar-refractivity contribution in [3.8, 4) is 11.1 Å². The van der Waals surface area contributed by atoms with Gasteiger partial charge in [-0.1, -0.05) is 30.3 Å². The molecule has 0 amide bonds. The molecular formula is C14H11F4N. The summed E-state index contributed by atoms with van der Waals surface area (Å²) in [5.74, 6) is -1.28. The molecule has 0 spiro atoms. The van der Waals surface area contributed by atoms with Gasteiger partial charge in [0.05, 0.1) is 5.56 Å². The molecular weight excluding hydrogens is 258 g/mol. The number of rotatable bonds is 2. The first-order valence-corrected chi connectivity index (χ1v) is 5.58. The fourth-order valence-electron chi connectivity index (χ4n) is 1.89. The molecule has 2 aromatic rings. The van der Waals surface area contributed by atoms with E-state index in [1.807, 2.05) is 0 Å². The second-order valence-corrected chi connectivity index (χ2v) is 4.05. The number of hydrogen-bond acceptors (Lipinski definition) is 1. The van der Waals surface area contributed by atoms with Crippen molar-refractivity contribution in [1.82, 2.24) is 0 Å². The lowest BCUT2D eigenvalue weighted by Gasteiger charge is -2.11. The predicted molar refractivity (Wildman–Crippen MR) is 64.7 cm³/mol. The molecule has 100 valence electrons. The minimum Gasteiger partial charge on any atom is -0.326 e. The van der Waals surface area contributed by atoms with Crippen LogP contribution in [0.2, 0.25) is 0 Å². The van der Waals surface area contributed by atoms with Crippen LogP contribution in [-0.2, 0) is 12.7 Å². The zero-order valence-corrected chi connectivity index (χ0v) is 9.84. The van der Waals surface area contributed by atoms with Crippen LogP contribution in [0.15, 0.2) is 42.5 Å². The van der Waals surface area contributed by atoms with Gasteiger partial charge in [0.25, 0.3) is 0 Å². The highest BCUT2D eigenvalue weighted by Crippen LogP contribution is 2.34. The third-order valence-corrected chi connectivity index (χ3v) is 2.82. The predicted octanol–water partition coefficient (Wildman–Crippen LogP) is 3.97. The molecule has 1 nitrogen and oxygen atoms in total. The summed E-state index contributed by atoms with van der Waals surface area (Å²) in [5, 5.41) is 0. The molecule has 0 saturated carbocycles. The minimum atomic E-state index is -4.68. The van der Waals surface area contributed by atoms with Crippen LogP contribution in [0.5, 0.6) is 0 Å². The molecule has 0 radical (unpaired) electrons. The Morgan fingerprint density at radius 2 is 1.68 bits per heavy atom. The van der Waals surface area contributed by atoms with Crippen molar-refractivity contribution >= 4 is 0 Å². The van der Waals surface area contributed by atoms with Gasteiger partial charge in [0.15, 0.2) is 0 Å². The molecule has 0 aliphatic rings. The van der Waals surface area contributed by atoms with Gasteiger partial charge in [0.1, 0.15) is 5.82 Å². The van der Waals surface area contributed by atoms with Gasteiger partial charge in [-0.25, -0.2) is 4.39 Å². The average molecular weight is 269 g/mol. The van der Waals surface area contributed by atoms with Crippen LogP contribution in [0.1, 0.15) is 11.1 Å². The van der Waals surface area contributed by atoms with E-state index in [0.717, 1.165) is 17.7 Å². The van der Waals surface area contributed by atoms with Crippen LogP contribution in [0.4, 0.5) is 17.6 Å². The van der Waals surface area contributed by atoms with Crippen molar-refractivity contribution < 1.29 is 17.6 Å². The maximum absolute atomic E-state index is 13.5. The SMILES string of the molecule is NCc1ccccc1-c1ccc(C(F)(F)F)c(F)c1. The Hall–Kier alpha value is -1.88. The summed E-state index contributed by atoms with van der Waals surface area (Å²) >= 11 is 0. The van der Waals surface area contributed by atoms with Gasteiger partial charge < -0.3 is 5.73 Å². The lowest BCUT2D eigenvalue weighted by molar-refractivity contribution is -0.139. The maximum atomic E-state index is 13.5. The molecule has 0 saturated heterocycles.